The molecule has 0 heterocycles. The van der Waals surface area contributed by atoms with E-state index in [0.29, 0.717) is 0 Å². The Labute approximate surface area is 165 Å². The van der Waals surface area contributed by atoms with Gasteiger partial charge in [-0.15, -0.1) is 13.2 Å². The van der Waals surface area contributed by atoms with E-state index in [1.54, 1.807) is 0 Å². The first-order chi connectivity index (χ1) is 13.7. The van der Waals surface area contributed by atoms with E-state index >= 15 is 0 Å². The summed E-state index contributed by atoms with van der Waals surface area (Å²) in [5.41, 5.74) is 0.403. The van der Waals surface area contributed by atoms with Gasteiger partial charge in [0, 0.05) is 22.7 Å². The maximum absolute atomic E-state index is 12.8. The molecule has 0 atom stereocenters. The summed E-state index contributed by atoms with van der Waals surface area (Å²) in [6, 6.07) is 9.43. The molecular formula is C21H20F3NO4. The van der Waals surface area contributed by atoms with Crippen molar-refractivity contribution in [2.45, 2.75) is 38.5 Å². The first-order valence-corrected chi connectivity index (χ1v) is 9.28. The number of carbonyl (C=O) groups is 2. The molecule has 0 spiro atoms. The van der Waals surface area contributed by atoms with Crippen LogP contribution in [-0.4, -0.2) is 23.3 Å². The highest BCUT2D eigenvalue weighted by atomic mass is 19.4. The minimum atomic E-state index is -4.89. The average molecular weight is 407 g/mol. The Morgan fingerprint density at radius 2 is 1.69 bits per heavy atom. The molecule has 1 aliphatic rings. The summed E-state index contributed by atoms with van der Waals surface area (Å²) in [4.78, 5) is 24.0. The molecule has 0 aromatic heterocycles. The highest BCUT2D eigenvalue weighted by Crippen LogP contribution is 2.38. The Bertz CT molecular complexity index is 905. The lowest BCUT2D eigenvalue weighted by Crippen LogP contribution is -2.25. The van der Waals surface area contributed by atoms with Crippen molar-refractivity contribution in [1.82, 2.24) is 0 Å². The molecule has 1 amide bonds. The SMILES string of the molecule is O=C(O)c1ccc(-c2ccccc2OC(F)(F)F)c(NC(=O)C2CCCCC2)c1. The standard InChI is InChI=1S/C21H20F3NO4/c22-21(23,24)29-18-9-5-4-8-16(18)15-11-10-14(20(27)28)12-17(15)25-19(26)13-6-2-1-3-7-13/h4-5,8-13H,1-3,6-7H2,(H,25,26)(H,27,28). The number of halogens is 3. The normalized spacial score (nSPS) is 15.0. The number of rotatable bonds is 5. The summed E-state index contributed by atoms with van der Waals surface area (Å²) in [7, 11) is 0. The van der Waals surface area contributed by atoms with Crippen molar-refractivity contribution in [3.63, 3.8) is 0 Å². The lowest BCUT2D eigenvalue weighted by Gasteiger charge is -2.22. The number of hydrogen-bond acceptors (Lipinski definition) is 3. The second-order valence-electron chi connectivity index (χ2n) is 6.93. The molecule has 2 aromatic rings. The Morgan fingerprint density at radius 1 is 1.00 bits per heavy atom. The van der Waals surface area contributed by atoms with Gasteiger partial charge in [-0.05, 0) is 31.0 Å². The molecule has 0 bridgehead atoms. The fourth-order valence-corrected chi connectivity index (χ4v) is 3.52. The van der Waals surface area contributed by atoms with Crippen LogP contribution in [0.1, 0.15) is 42.5 Å². The number of carboxylic acids is 1. The summed E-state index contributed by atoms with van der Waals surface area (Å²) in [5.74, 6) is -2.10. The lowest BCUT2D eigenvalue weighted by molar-refractivity contribution is -0.274. The molecule has 3 rings (SSSR count). The molecule has 8 heteroatoms. The minimum absolute atomic E-state index is 0.0816. The molecule has 1 aliphatic carbocycles. The van der Waals surface area contributed by atoms with Crippen molar-refractivity contribution in [3.05, 3.63) is 48.0 Å². The number of anilines is 1. The largest absolute Gasteiger partial charge is 0.573 e. The number of para-hydroxylation sites is 1. The van der Waals surface area contributed by atoms with Crippen LogP contribution in [0.15, 0.2) is 42.5 Å². The second-order valence-corrected chi connectivity index (χ2v) is 6.93. The van der Waals surface area contributed by atoms with Gasteiger partial charge in [-0.3, -0.25) is 4.79 Å². The zero-order valence-electron chi connectivity index (χ0n) is 15.5. The van der Waals surface area contributed by atoms with Gasteiger partial charge in [0.05, 0.1) is 5.56 Å². The maximum atomic E-state index is 12.8. The van der Waals surface area contributed by atoms with Crippen LogP contribution in [0.2, 0.25) is 0 Å². The quantitative estimate of drug-likeness (QED) is 0.689. The maximum Gasteiger partial charge on any atom is 0.573 e. The third-order valence-electron chi connectivity index (χ3n) is 4.90. The summed E-state index contributed by atoms with van der Waals surface area (Å²) >= 11 is 0. The van der Waals surface area contributed by atoms with Gasteiger partial charge >= 0.3 is 12.3 Å². The Kier molecular flexibility index (Phi) is 6.10. The van der Waals surface area contributed by atoms with Crippen molar-refractivity contribution in [2.24, 2.45) is 5.92 Å². The zero-order valence-corrected chi connectivity index (χ0v) is 15.5. The summed E-state index contributed by atoms with van der Waals surface area (Å²) in [6.45, 7) is 0. The number of aromatic carboxylic acids is 1. The van der Waals surface area contributed by atoms with Crippen molar-refractivity contribution in [2.75, 3.05) is 5.32 Å². The van der Waals surface area contributed by atoms with Gasteiger partial charge in [0.25, 0.3) is 0 Å². The van der Waals surface area contributed by atoms with Crippen LogP contribution in [-0.2, 0) is 4.79 Å². The number of carbonyl (C=O) groups excluding carboxylic acids is 1. The van der Waals surface area contributed by atoms with E-state index in [1.807, 2.05) is 0 Å². The predicted molar refractivity (Wildman–Crippen MR) is 101 cm³/mol. The van der Waals surface area contributed by atoms with Gasteiger partial charge < -0.3 is 15.2 Å². The highest BCUT2D eigenvalue weighted by Gasteiger charge is 2.32. The molecule has 1 fully saturated rings. The van der Waals surface area contributed by atoms with E-state index < -0.39 is 18.1 Å². The first-order valence-electron chi connectivity index (χ1n) is 9.28. The topological polar surface area (TPSA) is 75.6 Å². The Morgan fingerprint density at radius 3 is 2.34 bits per heavy atom. The summed E-state index contributed by atoms with van der Waals surface area (Å²) < 4.78 is 42.5. The van der Waals surface area contributed by atoms with Crippen LogP contribution >= 0.6 is 0 Å². The van der Waals surface area contributed by atoms with E-state index in [-0.39, 0.29) is 34.2 Å². The van der Waals surface area contributed by atoms with Gasteiger partial charge in [-0.1, -0.05) is 43.5 Å². The lowest BCUT2D eigenvalue weighted by atomic mass is 9.88. The molecule has 1 saturated carbocycles. The minimum Gasteiger partial charge on any atom is -0.478 e. The van der Waals surface area contributed by atoms with Crippen LogP contribution in [0.3, 0.4) is 0 Å². The molecule has 5 nitrogen and oxygen atoms in total. The van der Waals surface area contributed by atoms with Crippen molar-refractivity contribution in [3.8, 4) is 16.9 Å². The molecule has 0 unspecified atom stereocenters. The van der Waals surface area contributed by atoms with E-state index in [9.17, 15) is 27.9 Å². The third-order valence-corrected chi connectivity index (χ3v) is 4.90. The van der Waals surface area contributed by atoms with Crippen LogP contribution in [0.25, 0.3) is 11.1 Å². The van der Waals surface area contributed by atoms with Crippen LogP contribution in [0.5, 0.6) is 5.75 Å². The molecular weight excluding hydrogens is 387 g/mol. The number of alkyl halides is 3. The summed E-state index contributed by atoms with van der Waals surface area (Å²) in [5, 5.41) is 12.0. The number of benzene rings is 2. The van der Waals surface area contributed by atoms with Gasteiger partial charge in [0.1, 0.15) is 5.75 Å². The summed E-state index contributed by atoms with van der Waals surface area (Å²) in [6.07, 6.45) is -0.500. The van der Waals surface area contributed by atoms with Gasteiger partial charge in [-0.25, -0.2) is 4.79 Å². The Hall–Kier alpha value is -3.03. The smallest absolute Gasteiger partial charge is 0.478 e. The monoisotopic (exact) mass is 407 g/mol. The number of ether oxygens (including phenoxy) is 1. The fourth-order valence-electron chi connectivity index (χ4n) is 3.52. The molecule has 29 heavy (non-hydrogen) atoms. The molecule has 2 N–H and O–H groups in total. The molecule has 0 saturated heterocycles. The number of hydrogen-bond donors (Lipinski definition) is 2. The van der Waals surface area contributed by atoms with Crippen molar-refractivity contribution in [1.29, 1.82) is 0 Å². The van der Waals surface area contributed by atoms with E-state index in [2.05, 4.69) is 10.1 Å². The number of nitrogens with one attached hydrogen (secondary N) is 1. The van der Waals surface area contributed by atoms with Gasteiger partial charge in [-0.2, -0.15) is 0 Å². The number of amides is 1. The highest BCUT2D eigenvalue weighted by molar-refractivity contribution is 6.00. The zero-order chi connectivity index (χ0) is 21.0. The van der Waals surface area contributed by atoms with E-state index in [1.165, 1.54) is 42.5 Å². The second kappa shape index (κ2) is 8.55. The van der Waals surface area contributed by atoms with Crippen LogP contribution in [0.4, 0.5) is 18.9 Å². The number of carboxylic acid groups (broad SMARTS) is 1. The van der Waals surface area contributed by atoms with E-state index in [0.717, 1.165) is 32.1 Å². The molecule has 2 aromatic carbocycles. The van der Waals surface area contributed by atoms with Crippen LogP contribution in [0, 0.1) is 5.92 Å². The first kappa shape index (κ1) is 20.7. The van der Waals surface area contributed by atoms with Crippen molar-refractivity contribution < 1.29 is 32.6 Å². The fraction of sp³-hybridized carbons (Fsp3) is 0.333. The molecule has 154 valence electrons. The van der Waals surface area contributed by atoms with E-state index in [4.69, 9.17) is 0 Å². The van der Waals surface area contributed by atoms with Gasteiger partial charge in [0.15, 0.2) is 0 Å². The van der Waals surface area contributed by atoms with Gasteiger partial charge in [0.2, 0.25) is 5.91 Å². The van der Waals surface area contributed by atoms with Crippen molar-refractivity contribution >= 4 is 17.6 Å². The molecule has 0 radical (unpaired) electrons. The predicted octanol–water partition coefficient (Wildman–Crippen LogP) is 5.47. The molecule has 0 aliphatic heterocycles. The van der Waals surface area contributed by atoms with Crippen LogP contribution < -0.4 is 10.1 Å². The average Bonchev–Trinajstić information content (AvgIpc) is 2.68. The third kappa shape index (κ3) is 5.28. The Balaban J connectivity index is 2.01.